The molecule has 2 amide bonds. The topological polar surface area (TPSA) is 110 Å². The fourth-order valence-electron chi connectivity index (χ4n) is 3.10. The summed E-state index contributed by atoms with van der Waals surface area (Å²) in [5.74, 6) is -2.00. The molecule has 0 aromatic rings. The average molecular weight is 339 g/mol. The van der Waals surface area contributed by atoms with E-state index >= 15 is 0 Å². The number of Topliss-reactive ketones (excluding diaryl/α,β-unsaturated/α-hetero) is 2. The van der Waals surface area contributed by atoms with Crippen LogP contribution >= 0.6 is 0 Å². The summed E-state index contributed by atoms with van der Waals surface area (Å²) < 4.78 is 0. The fourth-order valence-corrected chi connectivity index (χ4v) is 3.10. The smallest absolute Gasteiger partial charge is 0.237 e. The van der Waals surface area contributed by atoms with E-state index in [1.807, 2.05) is 13.8 Å². The number of hydrogen-bond acceptors (Lipinski definition) is 5. The molecular weight excluding hydrogens is 310 g/mol. The van der Waals surface area contributed by atoms with E-state index in [1.54, 1.807) is 6.92 Å². The molecule has 3 atom stereocenters. The maximum atomic E-state index is 12.4. The van der Waals surface area contributed by atoms with E-state index in [2.05, 4.69) is 10.2 Å². The van der Waals surface area contributed by atoms with Crippen LogP contribution in [0.4, 0.5) is 0 Å². The Morgan fingerprint density at radius 3 is 2.29 bits per heavy atom. The zero-order valence-corrected chi connectivity index (χ0v) is 15.0. The van der Waals surface area contributed by atoms with Crippen molar-refractivity contribution in [2.45, 2.75) is 71.5 Å². The van der Waals surface area contributed by atoms with E-state index in [-0.39, 0.29) is 42.4 Å². The molecular formula is C17H29N3O4. The molecule has 1 fully saturated rings. The lowest BCUT2D eigenvalue weighted by atomic mass is 9.92. The van der Waals surface area contributed by atoms with Gasteiger partial charge in [0.25, 0.3) is 0 Å². The predicted octanol–water partition coefficient (Wildman–Crippen LogP) is 0.404. The number of rotatable bonds is 9. The number of hydrogen-bond donors (Lipinski definition) is 2. The van der Waals surface area contributed by atoms with Crippen LogP contribution in [0.1, 0.15) is 53.4 Å². The van der Waals surface area contributed by atoms with Gasteiger partial charge in [-0.15, -0.1) is 0 Å². The lowest BCUT2D eigenvalue weighted by Gasteiger charge is -2.28. The molecule has 7 nitrogen and oxygen atoms in total. The number of nitrogens with two attached hydrogens (primary N) is 1. The second-order valence-corrected chi connectivity index (χ2v) is 6.87. The molecule has 0 radical (unpaired) electrons. The number of carbonyl (C=O) groups excluding carboxylic acids is 4. The Morgan fingerprint density at radius 1 is 1.17 bits per heavy atom. The molecule has 1 aliphatic heterocycles. The summed E-state index contributed by atoms with van der Waals surface area (Å²) in [6.07, 6.45) is 1.51. The zero-order valence-electron chi connectivity index (χ0n) is 15.0. The quantitative estimate of drug-likeness (QED) is 0.632. The van der Waals surface area contributed by atoms with Crippen molar-refractivity contribution in [2.24, 2.45) is 11.7 Å². The van der Waals surface area contributed by atoms with Crippen LogP contribution in [0, 0.1) is 5.92 Å². The number of nitrogens with one attached hydrogen (secondary N) is 1. The molecule has 1 aliphatic rings. The third-order valence-corrected chi connectivity index (χ3v) is 4.57. The van der Waals surface area contributed by atoms with E-state index in [0.29, 0.717) is 0 Å². The molecule has 24 heavy (non-hydrogen) atoms. The Balaban J connectivity index is 2.61. The molecule has 1 heterocycles. The van der Waals surface area contributed by atoms with Crippen LogP contribution in [0.25, 0.3) is 0 Å². The van der Waals surface area contributed by atoms with Crippen LogP contribution in [0.5, 0.6) is 0 Å². The molecule has 0 aromatic heterocycles. The van der Waals surface area contributed by atoms with E-state index in [4.69, 9.17) is 5.73 Å². The molecule has 1 rings (SSSR count). The van der Waals surface area contributed by atoms with Gasteiger partial charge in [-0.2, -0.15) is 0 Å². The SMILES string of the molecule is CC(=O)[C@H](CC(N)=O)CC(=O)[C@H](C)NC(=O)C1CCCN1C(C)C. The van der Waals surface area contributed by atoms with Crippen LogP contribution in [-0.2, 0) is 19.2 Å². The Hall–Kier alpha value is -1.76. The Kier molecular flexibility index (Phi) is 7.54. The highest BCUT2D eigenvalue weighted by molar-refractivity contribution is 5.94. The first kappa shape index (κ1) is 20.3. The molecule has 0 aromatic carbocycles. The zero-order chi connectivity index (χ0) is 18.4. The molecule has 0 bridgehead atoms. The molecule has 3 N–H and O–H groups in total. The molecule has 1 unspecified atom stereocenters. The summed E-state index contributed by atoms with van der Waals surface area (Å²) in [5, 5.41) is 2.75. The summed E-state index contributed by atoms with van der Waals surface area (Å²) in [6, 6.07) is -0.636. The number of primary amides is 1. The van der Waals surface area contributed by atoms with E-state index < -0.39 is 17.9 Å². The maximum absolute atomic E-state index is 12.4. The number of carbonyl (C=O) groups is 4. The monoisotopic (exact) mass is 339 g/mol. The summed E-state index contributed by atoms with van der Waals surface area (Å²) in [6.45, 7) is 7.91. The second kappa shape index (κ2) is 8.92. The highest BCUT2D eigenvalue weighted by atomic mass is 16.2. The van der Waals surface area contributed by atoms with Crippen molar-refractivity contribution in [3.05, 3.63) is 0 Å². The maximum Gasteiger partial charge on any atom is 0.237 e. The summed E-state index contributed by atoms with van der Waals surface area (Å²) in [5.41, 5.74) is 5.11. The first-order valence-electron chi connectivity index (χ1n) is 8.51. The highest BCUT2D eigenvalue weighted by Crippen LogP contribution is 2.20. The van der Waals surface area contributed by atoms with Gasteiger partial charge >= 0.3 is 0 Å². The van der Waals surface area contributed by atoms with Crippen molar-refractivity contribution in [1.82, 2.24) is 10.2 Å². The van der Waals surface area contributed by atoms with Crippen molar-refractivity contribution in [1.29, 1.82) is 0 Å². The minimum absolute atomic E-state index is 0.0850. The number of nitrogens with zero attached hydrogens (tertiary/aromatic N) is 1. The Bertz CT molecular complexity index is 504. The van der Waals surface area contributed by atoms with Crippen LogP contribution in [0.3, 0.4) is 0 Å². The highest BCUT2D eigenvalue weighted by Gasteiger charge is 2.33. The van der Waals surface area contributed by atoms with Crippen LogP contribution in [-0.4, -0.2) is 53.0 Å². The molecule has 1 saturated heterocycles. The average Bonchev–Trinajstić information content (AvgIpc) is 2.95. The first-order valence-corrected chi connectivity index (χ1v) is 8.51. The molecule has 7 heteroatoms. The van der Waals surface area contributed by atoms with Gasteiger partial charge in [-0.1, -0.05) is 0 Å². The van der Waals surface area contributed by atoms with E-state index in [1.165, 1.54) is 6.92 Å². The van der Waals surface area contributed by atoms with Crippen molar-refractivity contribution in [3.8, 4) is 0 Å². The van der Waals surface area contributed by atoms with Crippen LogP contribution < -0.4 is 11.1 Å². The first-order chi connectivity index (χ1) is 11.1. The molecule has 136 valence electrons. The van der Waals surface area contributed by atoms with Crippen molar-refractivity contribution in [3.63, 3.8) is 0 Å². The Labute approximate surface area is 143 Å². The van der Waals surface area contributed by atoms with E-state index in [9.17, 15) is 19.2 Å². The fraction of sp³-hybridized carbons (Fsp3) is 0.765. The lowest BCUT2D eigenvalue weighted by molar-refractivity contribution is -0.133. The minimum Gasteiger partial charge on any atom is -0.370 e. The van der Waals surface area contributed by atoms with Gasteiger partial charge in [0.15, 0.2) is 5.78 Å². The molecule has 0 saturated carbocycles. The summed E-state index contributed by atoms with van der Waals surface area (Å²) in [7, 11) is 0. The molecule has 0 aliphatic carbocycles. The summed E-state index contributed by atoms with van der Waals surface area (Å²) >= 11 is 0. The lowest BCUT2D eigenvalue weighted by Crippen LogP contribution is -2.50. The van der Waals surface area contributed by atoms with Gasteiger partial charge in [0.2, 0.25) is 11.8 Å². The van der Waals surface area contributed by atoms with Gasteiger partial charge in [-0.25, -0.2) is 0 Å². The largest absolute Gasteiger partial charge is 0.370 e. The third kappa shape index (κ3) is 5.70. The number of likely N-dealkylation sites (tertiary alicyclic amines) is 1. The van der Waals surface area contributed by atoms with Gasteiger partial charge in [0, 0.05) is 24.8 Å². The second-order valence-electron chi connectivity index (χ2n) is 6.87. The van der Waals surface area contributed by atoms with Gasteiger partial charge < -0.3 is 11.1 Å². The van der Waals surface area contributed by atoms with Crippen LogP contribution in [0.15, 0.2) is 0 Å². The van der Waals surface area contributed by atoms with Gasteiger partial charge in [-0.3, -0.25) is 24.1 Å². The predicted molar refractivity (Wildman–Crippen MR) is 90.1 cm³/mol. The number of ketones is 2. The van der Waals surface area contributed by atoms with E-state index in [0.717, 1.165) is 19.4 Å². The molecule has 0 spiro atoms. The van der Waals surface area contributed by atoms with Crippen LogP contribution in [0.2, 0.25) is 0 Å². The van der Waals surface area contributed by atoms with Gasteiger partial charge in [0.05, 0.1) is 12.1 Å². The van der Waals surface area contributed by atoms with Crippen molar-refractivity contribution < 1.29 is 19.2 Å². The Morgan fingerprint density at radius 2 is 1.79 bits per heavy atom. The van der Waals surface area contributed by atoms with Gasteiger partial charge in [0.1, 0.15) is 5.78 Å². The number of amides is 2. The summed E-state index contributed by atoms with van der Waals surface area (Å²) in [4.78, 5) is 49.4. The van der Waals surface area contributed by atoms with Crippen molar-refractivity contribution in [2.75, 3.05) is 6.54 Å². The van der Waals surface area contributed by atoms with Gasteiger partial charge in [-0.05, 0) is 47.1 Å². The normalized spacial score (nSPS) is 20.6. The standard InChI is InChI=1S/C17H29N3O4/c1-10(2)20-7-5-6-14(20)17(24)19-11(3)15(22)8-13(12(4)21)9-16(18)23/h10-11,13-14H,5-9H2,1-4H3,(H2,18,23)(H,19,24)/t11-,13-,14?/m0/s1. The minimum atomic E-state index is -0.715. The van der Waals surface area contributed by atoms with Crippen molar-refractivity contribution >= 4 is 23.4 Å². The third-order valence-electron chi connectivity index (χ3n) is 4.57.